The number of amides is 1. The van der Waals surface area contributed by atoms with Crippen LogP contribution >= 0.6 is 11.3 Å². The molecule has 1 atom stereocenters. The highest BCUT2D eigenvalue weighted by Crippen LogP contribution is 2.35. The van der Waals surface area contributed by atoms with Gasteiger partial charge < -0.3 is 9.74 Å². The van der Waals surface area contributed by atoms with Gasteiger partial charge in [0.25, 0.3) is 0 Å². The fourth-order valence-corrected chi connectivity index (χ4v) is 5.39. The van der Waals surface area contributed by atoms with Gasteiger partial charge in [-0.3, -0.25) is 9.48 Å². The van der Waals surface area contributed by atoms with E-state index in [1.54, 1.807) is 5.38 Å². The van der Waals surface area contributed by atoms with E-state index in [1.165, 1.54) is 22.3 Å². The largest absolute Gasteiger partial charge is 0.435 e. The van der Waals surface area contributed by atoms with E-state index in [9.17, 15) is 26.7 Å². The van der Waals surface area contributed by atoms with Crippen molar-refractivity contribution < 1.29 is 35.7 Å². The molecule has 0 bridgehead atoms. The van der Waals surface area contributed by atoms with Crippen molar-refractivity contribution in [2.75, 3.05) is 13.1 Å². The Balaban J connectivity index is 1.19. The van der Waals surface area contributed by atoms with E-state index in [0.717, 1.165) is 17.1 Å². The second-order valence-electron chi connectivity index (χ2n) is 8.77. The maximum atomic E-state index is 14.1. The standard InChI is InChI=1S/C24H22F5N5O2S/c1-13-9-20(24(27,28)29)31-34(13)11-21(35)33-7-5-14(6-8-33)23-30-18(12-37-23)17-10-19(36-32-17)22-15(25)3-2-4-16(22)26/h2-4,9,12,14,19H,5-8,10-11H2,1H3/i1D3. The number of benzene rings is 1. The number of halogens is 5. The summed E-state index contributed by atoms with van der Waals surface area (Å²) in [5.74, 6) is -1.97. The topological polar surface area (TPSA) is 72.6 Å². The highest BCUT2D eigenvalue weighted by Gasteiger charge is 2.35. The molecule has 1 unspecified atom stereocenters. The second-order valence-corrected chi connectivity index (χ2v) is 9.66. The Kier molecular flexibility index (Phi) is 5.77. The SMILES string of the molecule is [2H]C([2H])([2H])c1cc(C(F)(F)F)nn1CC(=O)N1CCC(c2nc(C3=NOC(c4c(F)cccc4F)C3)cs2)CC1. The van der Waals surface area contributed by atoms with Gasteiger partial charge in [0.15, 0.2) is 11.8 Å². The zero-order valence-corrected chi connectivity index (χ0v) is 20.0. The molecule has 13 heteroatoms. The van der Waals surface area contributed by atoms with Crippen LogP contribution in [0.2, 0.25) is 0 Å². The summed E-state index contributed by atoms with van der Waals surface area (Å²) in [7, 11) is 0. The predicted octanol–water partition coefficient (Wildman–Crippen LogP) is 5.22. The van der Waals surface area contributed by atoms with Crippen LogP contribution in [0.15, 0.2) is 34.8 Å². The van der Waals surface area contributed by atoms with Gasteiger partial charge in [-0.05, 0) is 37.9 Å². The number of piperidine rings is 1. The third kappa shape index (κ3) is 5.22. The van der Waals surface area contributed by atoms with Gasteiger partial charge in [-0.15, -0.1) is 11.3 Å². The van der Waals surface area contributed by atoms with Crippen molar-refractivity contribution >= 4 is 23.0 Å². The molecular formula is C24H22F5N5O2S. The number of oxime groups is 1. The minimum absolute atomic E-state index is 0.00463. The zero-order chi connectivity index (χ0) is 28.8. The summed E-state index contributed by atoms with van der Waals surface area (Å²) in [4.78, 5) is 24.2. The molecule has 2 aliphatic heterocycles. The average Bonchev–Trinajstić information content (AvgIpc) is 3.63. The van der Waals surface area contributed by atoms with Crippen molar-refractivity contribution in [3.8, 4) is 0 Å². The van der Waals surface area contributed by atoms with E-state index in [2.05, 4.69) is 15.2 Å². The van der Waals surface area contributed by atoms with Crippen molar-refractivity contribution in [3.05, 3.63) is 68.9 Å². The van der Waals surface area contributed by atoms with E-state index < -0.39 is 54.6 Å². The fraction of sp³-hybridized carbons (Fsp3) is 0.417. The van der Waals surface area contributed by atoms with Crippen LogP contribution in [0.4, 0.5) is 22.0 Å². The molecule has 0 spiro atoms. The molecule has 1 fully saturated rings. The number of alkyl halides is 3. The molecule has 0 saturated carbocycles. The van der Waals surface area contributed by atoms with Crippen LogP contribution in [0.5, 0.6) is 0 Å². The number of aryl methyl sites for hydroxylation is 1. The van der Waals surface area contributed by atoms with Crippen molar-refractivity contribution in [2.45, 2.75) is 50.9 Å². The lowest BCUT2D eigenvalue weighted by Crippen LogP contribution is -2.40. The maximum absolute atomic E-state index is 14.1. The van der Waals surface area contributed by atoms with Crippen LogP contribution in [0, 0.1) is 18.5 Å². The molecule has 5 rings (SSSR count). The molecule has 1 saturated heterocycles. The van der Waals surface area contributed by atoms with Crippen LogP contribution in [-0.2, 0) is 22.4 Å². The van der Waals surface area contributed by atoms with E-state index in [0.29, 0.717) is 48.1 Å². The van der Waals surface area contributed by atoms with E-state index in [-0.39, 0.29) is 17.9 Å². The third-order valence-electron chi connectivity index (χ3n) is 6.36. The Morgan fingerprint density at radius 3 is 2.65 bits per heavy atom. The molecule has 3 aromatic rings. The van der Waals surface area contributed by atoms with Gasteiger partial charge in [0, 0.05) is 40.6 Å². The average molecular weight is 543 g/mol. The predicted molar refractivity (Wildman–Crippen MR) is 124 cm³/mol. The first-order valence-electron chi connectivity index (χ1n) is 12.9. The van der Waals surface area contributed by atoms with Crippen LogP contribution < -0.4 is 0 Å². The van der Waals surface area contributed by atoms with Crippen LogP contribution in [0.3, 0.4) is 0 Å². The molecule has 4 heterocycles. The summed E-state index contributed by atoms with van der Waals surface area (Å²) in [6, 6.07) is 4.02. The molecule has 0 N–H and O–H groups in total. The highest BCUT2D eigenvalue weighted by molar-refractivity contribution is 7.10. The van der Waals surface area contributed by atoms with Crippen LogP contribution in [-0.4, -0.2) is 44.4 Å². The lowest BCUT2D eigenvalue weighted by Gasteiger charge is -2.31. The smallest absolute Gasteiger partial charge is 0.387 e. The molecule has 7 nitrogen and oxygen atoms in total. The van der Waals surface area contributed by atoms with E-state index in [1.807, 2.05) is 0 Å². The normalized spacial score (nSPS) is 20.2. The van der Waals surface area contributed by atoms with Crippen molar-refractivity contribution in [3.63, 3.8) is 0 Å². The molecule has 196 valence electrons. The van der Waals surface area contributed by atoms with Gasteiger partial charge >= 0.3 is 6.18 Å². The van der Waals surface area contributed by atoms with Gasteiger partial charge in [-0.25, -0.2) is 13.8 Å². The number of rotatable bonds is 5. The molecule has 0 radical (unpaired) electrons. The second kappa shape index (κ2) is 9.84. The zero-order valence-electron chi connectivity index (χ0n) is 22.1. The lowest BCUT2D eigenvalue weighted by molar-refractivity contribution is -0.142. The van der Waals surface area contributed by atoms with Gasteiger partial charge in [-0.2, -0.15) is 18.3 Å². The monoisotopic (exact) mass is 542 g/mol. The minimum atomic E-state index is -4.84. The van der Waals surface area contributed by atoms with E-state index >= 15 is 0 Å². The Morgan fingerprint density at radius 1 is 1.24 bits per heavy atom. The molecule has 37 heavy (non-hydrogen) atoms. The third-order valence-corrected chi connectivity index (χ3v) is 7.37. The summed E-state index contributed by atoms with van der Waals surface area (Å²) < 4.78 is 90.6. The number of aromatic nitrogens is 3. The number of carbonyl (C=O) groups is 1. The number of thiazole rings is 1. The summed E-state index contributed by atoms with van der Waals surface area (Å²) in [5.41, 5.74) is -1.21. The number of likely N-dealkylation sites (tertiary alicyclic amines) is 1. The van der Waals surface area contributed by atoms with E-state index in [4.69, 9.17) is 8.95 Å². The van der Waals surface area contributed by atoms with Gasteiger partial charge in [0.1, 0.15) is 23.9 Å². The van der Waals surface area contributed by atoms with Crippen molar-refractivity contribution in [2.24, 2.45) is 5.16 Å². The molecule has 0 aliphatic carbocycles. The number of hydrogen-bond donors (Lipinski definition) is 0. The number of nitrogens with zero attached hydrogens (tertiary/aromatic N) is 5. The lowest BCUT2D eigenvalue weighted by atomic mass is 9.97. The molecular weight excluding hydrogens is 517 g/mol. The number of carbonyl (C=O) groups excluding carboxylic acids is 1. The Labute approximate surface area is 216 Å². The van der Waals surface area contributed by atoms with Gasteiger partial charge in [-0.1, -0.05) is 11.2 Å². The number of hydrogen-bond acceptors (Lipinski definition) is 6. The summed E-state index contributed by atoms with van der Waals surface area (Å²) in [6.45, 7) is -2.90. The van der Waals surface area contributed by atoms with Gasteiger partial charge in [0.2, 0.25) is 5.91 Å². The first-order chi connectivity index (χ1) is 18.8. The first kappa shape index (κ1) is 21.7. The fourth-order valence-electron chi connectivity index (χ4n) is 4.39. The van der Waals surface area contributed by atoms with Crippen molar-refractivity contribution in [1.82, 2.24) is 19.7 Å². The van der Waals surface area contributed by atoms with Gasteiger partial charge in [0.05, 0.1) is 16.3 Å². The Hall–Kier alpha value is -3.35. The molecule has 1 amide bonds. The Morgan fingerprint density at radius 2 is 1.97 bits per heavy atom. The summed E-state index contributed by atoms with van der Waals surface area (Å²) in [6.07, 6.45) is -4.53. The maximum Gasteiger partial charge on any atom is 0.435 e. The highest BCUT2D eigenvalue weighted by atomic mass is 32.1. The van der Waals surface area contributed by atoms with Crippen LogP contribution in [0.1, 0.15) is 63.0 Å². The van der Waals surface area contributed by atoms with Crippen molar-refractivity contribution in [1.29, 1.82) is 0 Å². The molecule has 2 aliphatic rings. The molecule has 2 aromatic heterocycles. The van der Waals surface area contributed by atoms with Crippen LogP contribution in [0.25, 0.3) is 0 Å². The quantitative estimate of drug-likeness (QED) is 0.415. The Bertz CT molecular complexity index is 1430. The molecule has 1 aromatic carbocycles. The first-order valence-corrected chi connectivity index (χ1v) is 12.2. The summed E-state index contributed by atoms with van der Waals surface area (Å²) in [5, 5.41) is 9.88. The summed E-state index contributed by atoms with van der Waals surface area (Å²) >= 11 is 1.39. The minimum Gasteiger partial charge on any atom is -0.387 e.